The van der Waals surface area contributed by atoms with Gasteiger partial charge in [0.2, 0.25) is 11.8 Å². The van der Waals surface area contributed by atoms with E-state index >= 15 is 0 Å². The van der Waals surface area contributed by atoms with Crippen molar-refractivity contribution in [2.45, 2.75) is 18.9 Å². The molecule has 1 aliphatic carbocycles. The van der Waals surface area contributed by atoms with Crippen LogP contribution in [0.25, 0.3) is 22.0 Å². The minimum atomic E-state index is -0.116. The first kappa shape index (κ1) is 17.2. The zero-order valence-corrected chi connectivity index (χ0v) is 14.7. The summed E-state index contributed by atoms with van der Waals surface area (Å²) in [4.78, 5) is 20.5. The van der Waals surface area contributed by atoms with Gasteiger partial charge in [-0.1, -0.05) is 18.2 Å². The van der Waals surface area contributed by atoms with Gasteiger partial charge < -0.3 is 20.9 Å². The van der Waals surface area contributed by atoms with Crippen molar-refractivity contribution in [2.75, 3.05) is 18.9 Å². The van der Waals surface area contributed by atoms with Crippen molar-refractivity contribution in [1.29, 1.82) is 0 Å². The van der Waals surface area contributed by atoms with E-state index in [1.807, 2.05) is 42.5 Å². The van der Waals surface area contributed by atoms with Gasteiger partial charge in [0.05, 0.1) is 17.5 Å². The van der Waals surface area contributed by atoms with Crippen LogP contribution in [0.5, 0.6) is 5.88 Å². The number of nitrogens with zero attached hydrogens (tertiary/aromatic N) is 2. The molecule has 0 aliphatic heterocycles. The fourth-order valence-corrected chi connectivity index (χ4v) is 2.86. The first-order valence-electron chi connectivity index (χ1n) is 8.86. The molecule has 1 heterocycles. The highest BCUT2D eigenvalue weighted by Gasteiger charge is 2.23. The molecule has 2 aromatic carbocycles. The molecule has 1 saturated carbocycles. The largest absolute Gasteiger partial charge is 0.475 e. The summed E-state index contributed by atoms with van der Waals surface area (Å²) < 4.78 is 5.50. The fraction of sp³-hybridized carbons (Fsp3) is 0.250. The smallest absolute Gasteiger partial charge is 0.251 e. The van der Waals surface area contributed by atoms with Gasteiger partial charge in [-0.2, -0.15) is 4.98 Å². The Morgan fingerprint density at radius 1 is 1.15 bits per heavy atom. The second kappa shape index (κ2) is 7.20. The Morgan fingerprint density at radius 3 is 2.59 bits per heavy atom. The zero-order chi connectivity index (χ0) is 18.8. The number of hydrogen-bond donors (Lipinski definition) is 3. The molecule has 3 aromatic rings. The summed E-state index contributed by atoms with van der Waals surface area (Å²) in [5.74, 6) is 0.425. The van der Waals surface area contributed by atoms with E-state index in [-0.39, 0.29) is 25.1 Å². The number of aliphatic hydroxyl groups excluding tert-OH is 1. The summed E-state index contributed by atoms with van der Waals surface area (Å²) in [6, 6.07) is 13.5. The molecule has 138 valence electrons. The molecule has 7 nitrogen and oxygen atoms in total. The lowest BCUT2D eigenvalue weighted by atomic mass is 10.0. The summed E-state index contributed by atoms with van der Waals surface area (Å²) in [5.41, 5.74) is 8.95. The highest BCUT2D eigenvalue weighted by molar-refractivity contribution is 5.95. The molecule has 7 heteroatoms. The maximum atomic E-state index is 12.1. The number of amides is 1. The Morgan fingerprint density at radius 2 is 1.89 bits per heavy atom. The fourth-order valence-electron chi connectivity index (χ4n) is 2.86. The molecule has 0 bridgehead atoms. The number of aromatic nitrogens is 2. The summed E-state index contributed by atoms with van der Waals surface area (Å²) in [6.45, 7) is 0.00998. The molecule has 0 spiro atoms. The topological polar surface area (TPSA) is 110 Å². The van der Waals surface area contributed by atoms with E-state index in [2.05, 4.69) is 15.3 Å². The van der Waals surface area contributed by atoms with Crippen molar-refractivity contribution in [3.63, 3.8) is 0 Å². The van der Waals surface area contributed by atoms with Crippen molar-refractivity contribution >= 4 is 22.8 Å². The van der Waals surface area contributed by atoms with Crippen molar-refractivity contribution in [3.05, 3.63) is 48.0 Å². The van der Waals surface area contributed by atoms with Crippen molar-refractivity contribution in [2.24, 2.45) is 0 Å². The molecule has 0 atom stereocenters. The Bertz CT molecular complexity index is 984. The molecule has 0 saturated heterocycles. The summed E-state index contributed by atoms with van der Waals surface area (Å²) in [7, 11) is 0. The van der Waals surface area contributed by atoms with Gasteiger partial charge in [-0.05, 0) is 48.2 Å². The van der Waals surface area contributed by atoms with Crippen molar-refractivity contribution in [3.8, 4) is 17.0 Å². The number of benzene rings is 2. The second-order valence-electron chi connectivity index (χ2n) is 6.52. The van der Waals surface area contributed by atoms with Crippen LogP contribution in [0, 0.1) is 0 Å². The maximum Gasteiger partial charge on any atom is 0.251 e. The van der Waals surface area contributed by atoms with Crippen molar-refractivity contribution < 1.29 is 14.6 Å². The third-order valence-corrected chi connectivity index (χ3v) is 4.40. The first-order chi connectivity index (χ1) is 13.1. The average Bonchev–Trinajstić information content (AvgIpc) is 3.50. The van der Waals surface area contributed by atoms with Gasteiger partial charge in [0.25, 0.3) is 5.91 Å². The van der Waals surface area contributed by atoms with E-state index in [1.165, 1.54) is 0 Å². The second-order valence-corrected chi connectivity index (χ2v) is 6.52. The van der Waals surface area contributed by atoms with Crippen LogP contribution >= 0.6 is 0 Å². The predicted molar refractivity (Wildman–Crippen MR) is 102 cm³/mol. The van der Waals surface area contributed by atoms with Crippen LogP contribution in [-0.2, 0) is 0 Å². The summed E-state index contributed by atoms with van der Waals surface area (Å²) in [6.07, 6.45) is 2.13. The van der Waals surface area contributed by atoms with Gasteiger partial charge in [0, 0.05) is 11.6 Å². The standard InChI is InChI=1S/C20H20N4O3/c21-20-23-17-8-5-14(11-16(17)19(24-20)27-10-9-25)12-1-3-13(4-2-12)18(26)22-15-6-7-15/h1-5,8,11,15,25H,6-7,9-10H2,(H,22,26)(H2,21,23,24). The van der Waals surface area contributed by atoms with Crippen LogP contribution in [0.3, 0.4) is 0 Å². The number of aliphatic hydroxyl groups is 1. The molecular weight excluding hydrogens is 344 g/mol. The van der Waals surface area contributed by atoms with Crippen molar-refractivity contribution in [1.82, 2.24) is 15.3 Å². The van der Waals surface area contributed by atoms with Crippen LogP contribution in [-0.4, -0.2) is 40.2 Å². The third kappa shape index (κ3) is 3.83. The monoisotopic (exact) mass is 364 g/mol. The SMILES string of the molecule is Nc1nc(OCCO)c2cc(-c3ccc(C(=O)NC4CC4)cc3)ccc2n1. The molecule has 1 fully saturated rings. The number of nitrogen functional groups attached to an aromatic ring is 1. The van der Waals surface area contributed by atoms with E-state index in [1.54, 1.807) is 0 Å². The van der Waals surface area contributed by atoms with Gasteiger partial charge in [-0.3, -0.25) is 4.79 Å². The molecule has 1 aliphatic rings. The Kier molecular flexibility index (Phi) is 4.60. The van der Waals surface area contributed by atoms with Gasteiger partial charge in [0.15, 0.2) is 0 Å². The van der Waals surface area contributed by atoms with E-state index in [0.717, 1.165) is 24.0 Å². The third-order valence-electron chi connectivity index (χ3n) is 4.40. The van der Waals surface area contributed by atoms with Crippen LogP contribution in [0.4, 0.5) is 5.95 Å². The van der Waals surface area contributed by atoms with Crippen LogP contribution in [0.2, 0.25) is 0 Å². The average molecular weight is 364 g/mol. The van der Waals surface area contributed by atoms with E-state index in [9.17, 15) is 4.79 Å². The number of nitrogens with two attached hydrogens (primary N) is 1. The number of hydrogen-bond acceptors (Lipinski definition) is 6. The Balaban J connectivity index is 1.64. The molecule has 1 amide bonds. The Hall–Kier alpha value is -3.19. The molecule has 1 aromatic heterocycles. The highest BCUT2D eigenvalue weighted by atomic mass is 16.5. The molecule has 4 rings (SSSR count). The molecule has 27 heavy (non-hydrogen) atoms. The lowest BCUT2D eigenvalue weighted by Gasteiger charge is -2.10. The maximum absolute atomic E-state index is 12.1. The number of anilines is 1. The molecule has 4 N–H and O–H groups in total. The number of carbonyl (C=O) groups is 1. The number of carbonyl (C=O) groups excluding carboxylic acids is 1. The van der Waals surface area contributed by atoms with Gasteiger partial charge in [-0.15, -0.1) is 0 Å². The normalized spacial score (nSPS) is 13.5. The van der Waals surface area contributed by atoms with E-state index in [0.29, 0.717) is 28.4 Å². The Labute approximate surface area is 156 Å². The van der Waals surface area contributed by atoms with Crippen LogP contribution in [0.1, 0.15) is 23.2 Å². The molecular formula is C20H20N4O3. The van der Waals surface area contributed by atoms with Crippen LogP contribution < -0.4 is 15.8 Å². The molecule has 0 radical (unpaired) electrons. The number of fused-ring (bicyclic) bond motifs is 1. The number of nitrogens with one attached hydrogen (secondary N) is 1. The minimum absolute atomic E-state index is 0.0360. The quantitative estimate of drug-likeness (QED) is 0.618. The lowest BCUT2D eigenvalue weighted by molar-refractivity contribution is 0.0951. The predicted octanol–water partition coefficient (Wildman–Crippen LogP) is 2.14. The minimum Gasteiger partial charge on any atom is -0.475 e. The first-order valence-corrected chi connectivity index (χ1v) is 8.86. The number of rotatable bonds is 6. The highest BCUT2D eigenvalue weighted by Crippen LogP contribution is 2.29. The van der Waals surface area contributed by atoms with E-state index in [4.69, 9.17) is 15.6 Å². The lowest BCUT2D eigenvalue weighted by Crippen LogP contribution is -2.25. The summed E-state index contributed by atoms with van der Waals surface area (Å²) in [5, 5.41) is 12.7. The van der Waals surface area contributed by atoms with Gasteiger partial charge in [-0.25, -0.2) is 4.98 Å². The van der Waals surface area contributed by atoms with Gasteiger partial charge in [0.1, 0.15) is 6.61 Å². The number of ether oxygens (including phenoxy) is 1. The summed E-state index contributed by atoms with van der Waals surface area (Å²) >= 11 is 0. The zero-order valence-electron chi connectivity index (χ0n) is 14.7. The van der Waals surface area contributed by atoms with Crippen LogP contribution in [0.15, 0.2) is 42.5 Å². The molecule has 0 unspecified atom stereocenters. The van der Waals surface area contributed by atoms with Gasteiger partial charge >= 0.3 is 0 Å². The van der Waals surface area contributed by atoms with E-state index < -0.39 is 0 Å².